The molecule has 98 valence electrons. The van der Waals surface area contributed by atoms with E-state index in [0.717, 1.165) is 19.4 Å². The van der Waals surface area contributed by atoms with Crippen molar-refractivity contribution in [3.63, 3.8) is 0 Å². The van der Waals surface area contributed by atoms with Crippen LogP contribution in [0, 0.1) is 0 Å². The van der Waals surface area contributed by atoms with Crippen LogP contribution in [0.5, 0.6) is 0 Å². The Bertz CT molecular complexity index is 411. The zero-order valence-electron chi connectivity index (χ0n) is 9.92. The normalized spacial score (nSPS) is 18.9. The van der Waals surface area contributed by atoms with Crippen molar-refractivity contribution in [1.29, 1.82) is 0 Å². The molecule has 1 amide bonds. The number of carbonyl (C=O) groups is 1. The summed E-state index contributed by atoms with van der Waals surface area (Å²) in [4.78, 5) is 11.8. The molecule has 3 nitrogen and oxygen atoms in total. The Morgan fingerprint density at radius 1 is 1.39 bits per heavy atom. The van der Waals surface area contributed by atoms with Gasteiger partial charge in [0, 0.05) is 23.2 Å². The molecule has 1 aromatic carbocycles. The van der Waals surface area contributed by atoms with Crippen molar-refractivity contribution < 1.29 is 9.53 Å². The van der Waals surface area contributed by atoms with Crippen LogP contribution in [0.3, 0.4) is 0 Å². The van der Waals surface area contributed by atoms with Gasteiger partial charge in [-0.15, -0.1) is 0 Å². The highest BCUT2D eigenvalue weighted by atomic mass is 35.5. The summed E-state index contributed by atoms with van der Waals surface area (Å²) in [7, 11) is 0. The molecule has 2 rings (SSSR count). The molecule has 5 heteroatoms. The molecular formula is C13H15Cl2NO2. The van der Waals surface area contributed by atoms with E-state index in [1.54, 1.807) is 18.2 Å². The Kier molecular flexibility index (Phi) is 4.87. The van der Waals surface area contributed by atoms with Crippen LogP contribution >= 0.6 is 23.2 Å². The first kappa shape index (κ1) is 13.7. The third kappa shape index (κ3) is 3.61. The second-order valence-electron chi connectivity index (χ2n) is 4.32. The van der Waals surface area contributed by atoms with E-state index in [4.69, 9.17) is 27.9 Å². The summed E-state index contributed by atoms with van der Waals surface area (Å²) >= 11 is 12.0. The summed E-state index contributed by atoms with van der Waals surface area (Å²) in [5.74, 6) is -0.0829. The molecule has 1 N–H and O–H groups in total. The fraction of sp³-hybridized carbons (Fsp3) is 0.462. The van der Waals surface area contributed by atoms with Crippen molar-refractivity contribution in [3.8, 4) is 0 Å². The van der Waals surface area contributed by atoms with Gasteiger partial charge >= 0.3 is 0 Å². The number of amides is 1. The van der Waals surface area contributed by atoms with Crippen molar-refractivity contribution in [1.82, 2.24) is 5.32 Å². The summed E-state index contributed by atoms with van der Waals surface area (Å²) < 4.78 is 5.43. The Labute approximate surface area is 116 Å². The first-order chi connectivity index (χ1) is 8.66. The molecule has 0 spiro atoms. The Balaban J connectivity index is 1.86. The van der Waals surface area contributed by atoms with Crippen LogP contribution in [0.2, 0.25) is 10.0 Å². The second kappa shape index (κ2) is 6.41. The van der Waals surface area contributed by atoms with Crippen molar-refractivity contribution in [2.24, 2.45) is 0 Å². The van der Waals surface area contributed by atoms with Gasteiger partial charge in [0.15, 0.2) is 0 Å². The third-order valence-electron chi connectivity index (χ3n) is 2.95. The van der Waals surface area contributed by atoms with Crippen LogP contribution in [0.4, 0.5) is 0 Å². The average Bonchev–Trinajstić information content (AvgIpc) is 2.84. The number of nitrogens with one attached hydrogen (secondary N) is 1. The van der Waals surface area contributed by atoms with E-state index < -0.39 is 0 Å². The van der Waals surface area contributed by atoms with Crippen molar-refractivity contribution in [3.05, 3.63) is 33.8 Å². The number of hydrogen-bond donors (Lipinski definition) is 1. The molecule has 1 fully saturated rings. The topological polar surface area (TPSA) is 38.3 Å². The van der Waals surface area contributed by atoms with Crippen LogP contribution < -0.4 is 5.32 Å². The number of benzene rings is 1. The smallest absolute Gasteiger partial charge is 0.224 e. The van der Waals surface area contributed by atoms with Crippen molar-refractivity contribution >= 4 is 29.1 Å². The first-order valence-electron chi connectivity index (χ1n) is 5.98. The molecule has 1 heterocycles. The van der Waals surface area contributed by atoms with Crippen LogP contribution in [-0.4, -0.2) is 25.2 Å². The molecule has 1 aliphatic heterocycles. The second-order valence-corrected chi connectivity index (χ2v) is 5.13. The van der Waals surface area contributed by atoms with Crippen molar-refractivity contribution in [2.45, 2.75) is 25.4 Å². The minimum atomic E-state index is -0.0829. The monoisotopic (exact) mass is 287 g/mol. The van der Waals surface area contributed by atoms with E-state index in [-0.39, 0.29) is 18.4 Å². The highest BCUT2D eigenvalue weighted by molar-refractivity contribution is 6.36. The molecule has 0 saturated carbocycles. The lowest BCUT2D eigenvalue weighted by Crippen LogP contribution is -2.32. The molecule has 1 aliphatic rings. The lowest BCUT2D eigenvalue weighted by Gasteiger charge is -2.11. The van der Waals surface area contributed by atoms with Gasteiger partial charge in [-0.2, -0.15) is 0 Å². The predicted octanol–water partition coefficient (Wildman–Crippen LogP) is 2.83. The molecule has 0 aromatic heterocycles. The number of carbonyl (C=O) groups excluding carboxylic acids is 1. The van der Waals surface area contributed by atoms with Crippen LogP contribution in [0.1, 0.15) is 18.4 Å². The number of hydrogen-bond acceptors (Lipinski definition) is 2. The average molecular weight is 288 g/mol. The van der Waals surface area contributed by atoms with Gasteiger partial charge in [0.25, 0.3) is 0 Å². The first-order valence-corrected chi connectivity index (χ1v) is 6.73. The van der Waals surface area contributed by atoms with Gasteiger partial charge in [-0.25, -0.2) is 0 Å². The maximum atomic E-state index is 11.8. The van der Waals surface area contributed by atoms with Crippen molar-refractivity contribution in [2.75, 3.05) is 13.2 Å². The summed E-state index contributed by atoms with van der Waals surface area (Å²) in [6.07, 6.45) is 2.42. The number of halogens is 2. The molecule has 0 bridgehead atoms. The van der Waals surface area contributed by atoms with Gasteiger partial charge in [-0.05, 0) is 30.5 Å². The SMILES string of the molecule is O=C(Cc1c(Cl)cccc1Cl)NC[C@@H]1CCCO1. The van der Waals surface area contributed by atoms with Crippen LogP contribution in [0.25, 0.3) is 0 Å². The molecule has 1 saturated heterocycles. The van der Waals surface area contributed by atoms with Crippen LogP contribution in [-0.2, 0) is 16.0 Å². The minimum absolute atomic E-state index is 0.0829. The van der Waals surface area contributed by atoms with Gasteiger partial charge in [-0.3, -0.25) is 4.79 Å². The van der Waals surface area contributed by atoms with Gasteiger partial charge in [-0.1, -0.05) is 29.3 Å². The number of rotatable bonds is 4. The van der Waals surface area contributed by atoms with E-state index in [0.29, 0.717) is 22.2 Å². The highest BCUT2D eigenvalue weighted by Gasteiger charge is 2.17. The Morgan fingerprint density at radius 2 is 2.11 bits per heavy atom. The molecular weight excluding hydrogens is 273 g/mol. The zero-order valence-corrected chi connectivity index (χ0v) is 11.4. The zero-order chi connectivity index (χ0) is 13.0. The fourth-order valence-electron chi connectivity index (χ4n) is 1.96. The molecule has 1 aromatic rings. The molecule has 0 unspecified atom stereocenters. The van der Waals surface area contributed by atoms with E-state index >= 15 is 0 Å². The summed E-state index contributed by atoms with van der Waals surface area (Å²) in [6.45, 7) is 1.35. The predicted molar refractivity (Wildman–Crippen MR) is 72.1 cm³/mol. The summed E-state index contributed by atoms with van der Waals surface area (Å²) in [5.41, 5.74) is 0.672. The van der Waals surface area contributed by atoms with Gasteiger partial charge < -0.3 is 10.1 Å². The molecule has 0 radical (unpaired) electrons. The Morgan fingerprint density at radius 3 is 2.72 bits per heavy atom. The third-order valence-corrected chi connectivity index (χ3v) is 3.66. The van der Waals surface area contributed by atoms with Gasteiger partial charge in [0.05, 0.1) is 12.5 Å². The van der Waals surface area contributed by atoms with Gasteiger partial charge in [0.2, 0.25) is 5.91 Å². The molecule has 0 aliphatic carbocycles. The summed E-state index contributed by atoms with van der Waals surface area (Å²) in [6, 6.07) is 5.23. The number of ether oxygens (including phenoxy) is 1. The van der Waals surface area contributed by atoms with E-state index in [1.807, 2.05) is 0 Å². The fourth-order valence-corrected chi connectivity index (χ4v) is 2.49. The lowest BCUT2D eigenvalue weighted by atomic mass is 10.1. The quantitative estimate of drug-likeness (QED) is 0.925. The lowest BCUT2D eigenvalue weighted by molar-refractivity contribution is -0.120. The van der Waals surface area contributed by atoms with Crippen LogP contribution in [0.15, 0.2) is 18.2 Å². The maximum absolute atomic E-state index is 11.8. The highest BCUT2D eigenvalue weighted by Crippen LogP contribution is 2.24. The molecule has 18 heavy (non-hydrogen) atoms. The van der Waals surface area contributed by atoms with E-state index in [1.165, 1.54) is 0 Å². The molecule has 1 atom stereocenters. The van der Waals surface area contributed by atoms with Gasteiger partial charge in [0.1, 0.15) is 0 Å². The van der Waals surface area contributed by atoms with E-state index in [9.17, 15) is 4.79 Å². The maximum Gasteiger partial charge on any atom is 0.224 e. The Hall–Kier alpha value is -0.770. The summed E-state index contributed by atoms with van der Waals surface area (Å²) in [5, 5.41) is 3.89. The standard InChI is InChI=1S/C13H15Cl2NO2/c14-11-4-1-5-12(15)10(11)7-13(17)16-8-9-3-2-6-18-9/h1,4-5,9H,2-3,6-8H2,(H,16,17)/t9-/m0/s1. The largest absolute Gasteiger partial charge is 0.376 e. The minimum Gasteiger partial charge on any atom is -0.376 e. The van der Waals surface area contributed by atoms with E-state index in [2.05, 4.69) is 5.32 Å².